The van der Waals surface area contributed by atoms with E-state index in [1.165, 1.54) is 0 Å². The summed E-state index contributed by atoms with van der Waals surface area (Å²) in [5.74, 6) is 0. The van der Waals surface area contributed by atoms with Gasteiger partial charge in [0.1, 0.15) is 6.17 Å². The fraction of sp³-hybridized carbons (Fsp3) is 1.00. The zero-order valence-corrected chi connectivity index (χ0v) is 7.89. The van der Waals surface area contributed by atoms with Gasteiger partial charge in [0.25, 0.3) is 0 Å². The Bertz CT molecular complexity index is 149. The van der Waals surface area contributed by atoms with E-state index in [-0.39, 0.29) is 12.0 Å². The second-order valence-corrected chi connectivity index (χ2v) is 4.44. The molecule has 0 aromatic carbocycles. The molecule has 1 N–H and O–H groups in total. The molecular formula is C9H18FNO. The first-order valence-corrected chi connectivity index (χ1v) is 4.51. The molecule has 0 aliphatic carbocycles. The summed E-state index contributed by atoms with van der Waals surface area (Å²) in [6, 6.07) is 0. The third kappa shape index (κ3) is 2.72. The maximum absolute atomic E-state index is 12.7. The highest BCUT2D eigenvalue weighted by Gasteiger charge is 2.27. The van der Waals surface area contributed by atoms with Gasteiger partial charge in [-0.3, -0.25) is 4.90 Å². The van der Waals surface area contributed by atoms with Crippen molar-refractivity contribution >= 4 is 0 Å². The van der Waals surface area contributed by atoms with Crippen LogP contribution in [0.2, 0.25) is 0 Å². The summed E-state index contributed by atoms with van der Waals surface area (Å²) in [4.78, 5) is 2.08. The van der Waals surface area contributed by atoms with Gasteiger partial charge in [-0.25, -0.2) is 4.39 Å². The number of halogens is 1. The molecule has 0 spiro atoms. The quantitative estimate of drug-likeness (QED) is 0.693. The highest BCUT2D eigenvalue weighted by Crippen LogP contribution is 2.20. The van der Waals surface area contributed by atoms with E-state index in [0.717, 1.165) is 13.1 Å². The van der Waals surface area contributed by atoms with Crippen molar-refractivity contribution in [3.63, 3.8) is 0 Å². The molecule has 1 aliphatic rings. The van der Waals surface area contributed by atoms with E-state index in [0.29, 0.717) is 13.0 Å². The number of aliphatic hydroxyl groups is 1. The van der Waals surface area contributed by atoms with Crippen molar-refractivity contribution < 1.29 is 9.50 Å². The predicted octanol–water partition coefficient (Wildman–Crippen LogP) is 1.05. The topological polar surface area (TPSA) is 23.5 Å². The Morgan fingerprint density at radius 3 is 2.67 bits per heavy atom. The first-order chi connectivity index (χ1) is 5.53. The second-order valence-electron chi connectivity index (χ2n) is 4.44. The van der Waals surface area contributed by atoms with Crippen molar-refractivity contribution in [2.75, 3.05) is 26.2 Å². The largest absolute Gasteiger partial charge is 0.396 e. The molecule has 0 radical (unpaired) electrons. The van der Waals surface area contributed by atoms with Crippen molar-refractivity contribution in [1.29, 1.82) is 0 Å². The summed E-state index contributed by atoms with van der Waals surface area (Å²) >= 11 is 0. The van der Waals surface area contributed by atoms with Gasteiger partial charge in [-0.2, -0.15) is 0 Å². The first kappa shape index (κ1) is 9.93. The van der Waals surface area contributed by atoms with E-state index in [1.807, 2.05) is 13.8 Å². The fourth-order valence-corrected chi connectivity index (χ4v) is 1.58. The average Bonchev–Trinajstić information content (AvgIpc) is 2.35. The van der Waals surface area contributed by atoms with Gasteiger partial charge in [0, 0.05) is 31.7 Å². The van der Waals surface area contributed by atoms with Crippen molar-refractivity contribution in [1.82, 2.24) is 4.90 Å². The Hall–Kier alpha value is -0.150. The van der Waals surface area contributed by atoms with Gasteiger partial charge in [-0.05, 0) is 6.42 Å². The van der Waals surface area contributed by atoms with Gasteiger partial charge in [0.05, 0.1) is 0 Å². The average molecular weight is 175 g/mol. The van der Waals surface area contributed by atoms with Crippen LogP contribution in [0.5, 0.6) is 0 Å². The van der Waals surface area contributed by atoms with Crippen LogP contribution in [0.4, 0.5) is 4.39 Å². The zero-order chi connectivity index (χ0) is 9.19. The number of hydrogen-bond donors (Lipinski definition) is 1. The molecule has 1 rings (SSSR count). The summed E-state index contributed by atoms with van der Waals surface area (Å²) in [7, 11) is 0. The molecule has 1 atom stereocenters. The van der Waals surface area contributed by atoms with Crippen molar-refractivity contribution in [2.45, 2.75) is 26.4 Å². The lowest BCUT2D eigenvalue weighted by Crippen LogP contribution is -2.35. The molecule has 3 heteroatoms. The summed E-state index contributed by atoms with van der Waals surface area (Å²) in [6.45, 7) is 6.34. The summed E-state index contributed by atoms with van der Waals surface area (Å²) < 4.78 is 12.7. The number of rotatable bonds is 3. The number of hydrogen-bond acceptors (Lipinski definition) is 2. The van der Waals surface area contributed by atoms with Crippen LogP contribution >= 0.6 is 0 Å². The van der Waals surface area contributed by atoms with Crippen LogP contribution in [0.1, 0.15) is 20.3 Å². The van der Waals surface area contributed by atoms with E-state index in [9.17, 15) is 4.39 Å². The van der Waals surface area contributed by atoms with Gasteiger partial charge < -0.3 is 5.11 Å². The molecule has 1 fully saturated rings. The van der Waals surface area contributed by atoms with Gasteiger partial charge >= 0.3 is 0 Å². The molecule has 2 nitrogen and oxygen atoms in total. The summed E-state index contributed by atoms with van der Waals surface area (Å²) in [5.41, 5.74) is -0.0932. The Morgan fingerprint density at radius 2 is 2.25 bits per heavy atom. The van der Waals surface area contributed by atoms with E-state index in [2.05, 4.69) is 4.90 Å². The van der Waals surface area contributed by atoms with Crippen LogP contribution in [0, 0.1) is 5.41 Å². The van der Waals surface area contributed by atoms with Gasteiger partial charge in [-0.1, -0.05) is 13.8 Å². The molecule has 72 valence electrons. The van der Waals surface area contributed by atoms with E-state index in [1.54, 1.807) is 0 Å². The lowest BCUT2D eigenvalue weighted by atomic mass is 9.94. The highest BCUT2D eigenvalue weighted by atomic mass is 19.1. The zero-order valence-electron chi connectivity index (χ0n) is 7.89. The Morgan fingerprint density at radius 1 is 1.58 bits per heavy atom. The SMILES string of the molecule is CC(C)(CO)CN1CC[C@@H](F)C1. The number of aliphatic hydroxyl groups excluding tert-OH is 1. The Kier molecular flexibility index (Phi) is 3.07. The number of likely N-dealkylation sites (tertiary alicyclic amines) is 1. The van der Waals surface area contributed by atoms with Crippen LogP contribution in [0.25, 0.3) is 0 Å². The molecule has 0 bridgehead atoms. The monoisotopic (exact) mass is 175 g/mol. The lowest BCUT2D eigenvalue weighted by molar-refractivity contribution is 0.111. The molecule has 0 aromatic heterocycles. The predicted molar refractivity (Wildman–Crippen MR) is 46.8 cm³/mol. The van der Waals surface area contributed by atoms with Gasteiger partial charge in [0.2, 0.25) is 0 Å². The van der Waals surface area contributed by atoms with E-state index < -0.39 is 6.17 Å². The smallest absolute Gasteiger partial charge is 0.114 e. The Balaban J connectivity index is 2.32. The third-order valence-electron chi connectivity index (χ3n) is 2.29. The molecule has 0 saturated carbocycles. The van der Waals surface area contributed by atoms with Crippen molar-refractivity contribution in [3.8, 4) is 0 Å². The normalized spacial score (nSPS) is 26.5. The molecule has 0 amide bonds. The van der Waals surface area contributed by atoms with Crippen molar-refractivity contribution in [3.05, 3.63) is 0 Å². The second kappa shape index (κ2) is 3.71. The molecule has 0 aromatic rings. The standard InChI is InChI=1S/C9H18FNO/c1-9(2,7-12)6-11-4-3-8(10)5-11/h8,12H,3-7H2,1-2H3/t8-/m1/s1. The first-order valence-electron chi connectivity index (χ1n) is 4.51. The summed E-state index contributed by atoms with van der Waals surface area (Å²) in [5, 5.41) is 9.00. The highest BCUT2D eigenvalue weighted by molar-refractivity contribution is 4.80. The van der Waals surface area contributed by atoms with Crippen LogP contribution in [0.15, 0.2) is 0 Å². The minimum Gasteiger partial charge on any atom is -0.396 e. The van der Waals surface area contributed by atoms with E-state index >= 15 is 0 Å². The maximum Gasteiger partial charge on any atom is 0.114 e. The Labute approximate surface area is 73.4 Å². The lowest BCUT2D eigenvalue weighted by Gasteiger charge is -2.27. The van der Waals surface area contributed by atoms with Gasteiger partial charge in [-0.15, -0.1) is 0 Å². The number of alkyl halides is 1. The fourth-order valence-electron chi connectivity index (χ4n) is 1.58. The van der Waals surface area contributed by atoms with Crippen molar-refractivity contribution in [2.24, 2.45) is 5.41 Å². The van der Waals surface area contributed by atoms with Crippen LogP contribution in [-0.4, -0.2) is 42.4 Å². The molecule has 1 heterocycles. The summed E-state index contributed by atoms with van der Waals surface area (Å²) in [6.07, 6.45) is 0.00103. The minimum absolute atomic E-state index is 0.0932. The van der Waals surface area contributed by atoms with Gasteiger partial charge in [0.15, 0.2) is 0 Å². The molecule has 0 unspecified atom stereocenters. The molecule has 12 heavy (non-hydrogen) atoms. The van der Waals surface area contributed by atoms with Crippen LogP contribution in [0.3, 0.4) is 0 Å². The molecule has 1 aliphatic heterocycles. The maximum atomic E-state index is 12.7. The third-order valence-corrected chi connectivity index (χ3v) is 2.29. The van der Waals surface area contributed by atoms with Crippen LogP contribution < -0.4 is 0 Å². The molecular weight excluding hydrogens is 157 g/mol. The molecule has 1 saturated heterocycles. The van der Waals surface area contributed by atoms with E-state index in [4.69, 9.17) is 5.11 Å². The number of nitrogens with zero attached hydrogens (tertiary/aromatic N) is 1. The van der Waals surface area contributed by atoms with Crippen LogP contribution in [-0.2, 0) is 0 Å². The minimum atomic E-state index is -0.653.